The van der Waals surface area contributed by atoms with Crippen molar-refractivity contribution in [3.05, 3.63) is 29.3 Å². The second kappa shape index (κ2) is 8.33. The van der Waals surface area contributed by atoms with Gasteiger partial charge in [-0.25, -0.2) is 12.7 Å². The fourth-order valence-electron chi connectivity index (χ4n) is 4.54. The summed E-state index contributed by atoms with van der Waals surface area (Å²) in [5.74, 6) is 1.61. The van der Waals surface area contributed by atoms with Crippen molar-refractivity contribution < 1.29 is 13.2 Å². The number of likely N-dealkylation sites (N-methyl/N-ethyl adjacent to an activating group) is 1. The van der Waals surface area contributed by atoms with Crippen molar-refractivity contribution in [2.45, 2.75) is 58.4 Å². The molecule has 1 aromatic rings. The van der Waals surface area contributed by atoms with Gasteiger partial charge in [0, 0.05) is 36.7 Å². The minimum Gasteiger partial charge on any atom is -0.492 e. The molecular weight excluding hydrogens is 372 g/mol. The molecule has 0 N–H and O–H groups in total. The molecule has 1 saturated heterocycles. The Balaban J connectivity index is 1.58. The van der Waals surface area contributed by atoms with Crippen molar-refractivity contribution in [1.29, 1.82) is 0 Å². The van der Waals surface area contributed by atoms with E-state index >= 15 is 0 Å². The van der Waals surface area contributed by atoms with E-state index in [1.165, 1.54) is 17.4 Å². The molecule has 3 rings (SSSR count). The van der Waals surface area contributed by atoms with E-state index in [2.05, 4.69) is 50.8 Å². The van der Waals surface area contributed by atoms with Gasteiger partial charge in [-0.2, -0.15) is 0 Å². The molecule has 0 aromatic heterocycles. The van der Waals surface area contributed by atoms with Crippen LogP contribution >= 0.6 is 0 Å². The third kappa shape index (κ3) is 4.89. The average Bonchev–Trinajstić information content (AvgIpc) is 2.94. The number of hydrogen-bond acceptors (Lipinski definition) is 4. The molecule has 0 bridgehead atoms. The van der Waals surface area contributed by atoms with E-state index in [0.29, 0.717) is 25.0 Å². The first-order valence-electron chi connectivity index (χ1n) is 10.6. The molecule has 1 atom stereocenters. The summed E-state index contributed by atoms with van der Waals surface area (Å²) in [6, 6.07) is 7.12. The normalized spacial score (nSPS) is 21.5. The average molecular weight is 409 g/mol. The molecule has 28 heavy (non-hydrogen) atoms. The lowest BCUT2D eigenvalue weighted by atomic mass is 9.85. The maximum absolute atomic E-state index is 11.7. The maximum atomic E-state index is 11.7. The van der Waals surface area contributed by atoms with Gasteiger partial charge in [-0.1, -0.05) is 32.9 Å². The lowest BCUT2D eigenvalue weighted by molar-refractivity contribution is 0.152. The summed E-state index contributed by atoms with van der Waals surface area (Å²) >= 11 is 0. The molecule has 1 fully saturated rings. The van der Waals surface area contributed by atoms with Crippen molar-refractivity contribution in [3.8, 4) is 5.75 Å². The highest BCUT2D eigenvalue weighted by Gasteiger charge is 2.32. The van der Waals surface area contributed by atoms with Crippen LogP contribution in [0.25, 0.3) is 0 Å². The summed E-state index contributed by atoms with van der Waals surface area (Å²) in [5, 5.41) is 0. The fraction of sp³-hybridized carbons (Fsp3) is 0.727. The summed E-state index contributed by atoms with van der Waals surface area (Å²) in [6.45, 7) is 13.2. The van der Waals surface area contributed by atoms with Gasteiger partial charge in [0.25, 0.3) is 0 Å². The van der Waals surface area contributed by atoms with Gasteiger partial charge in [0.05, 0.1) is 12.9 Å². The Labute approximate surface area is 171 Å². The smallest absolute Gasteiger partial charge is 0.211 e. The highest BCUT2D eigenvalue weighted by molar-refractivity contribution is 7.88. The number of ether oxygens (including phenoxy) is 1. The van der Waals surface area contributed by atoms with Gasteiger partial charge in [0.15, 0.2) is 0 Å². The SMILES string of the molecule is CCN(CC1CCN(S(C)(=O)=O)CC1)C(C)Cc1ccc2c(c1)C(C)(C)CO2. The van der Waals surface area contributed by atoms with Crippen LogP contribution in [0.15, 0.2) is 18.2 Å². The van der Waals surface area contributed by atoms with Crippen LogP contribution in [-0.2, 0) is 21.9 Å². The first-order valence-corrected chi connectivity index (χ1v) is 12.4. The Hall–Kier alpha value is -1.11. The molecule has 0 aliphatic carbocycles. The molecule has 1 aromatic carbocycles. The predicted octanol–water partition coefficient (Wildman–Crippen LogP) is 3.28. The minimum atomic E-state index is -3.05. The van der Waals surface area contributed by atoms with Crippen LogP contribution in [-0.4, -0.2) is 62.7 Å². The van der Waals surface area contributed by atoms with E-state index in [4.69, 9.17) is 4.74 Å². The van der Waals surface area contributed by atoms with Crippen molar-refractivity contribution in [2.24, 2.45) is 5.92 Å². The summed E-state index contributed by atoms with van der Waals surface area (Å²) in [4.78, 5) is 2.55. The number of nitrogens with zero attached hydrogens (tertiary/aromatic N) is 2. The van der Waals surface area contributed by atoms with Crippen LogP contribution in [0.5, 0.6) is 5.75 Å². The van der Waals surface area contributed by atoms with Crippen molar-refractivity contribution >= 4 is 10.0 Å². The zero-order chi connectivity index (χ0) is 20.5. The monoisotopic (exact) mass is 408 g/mol. The molecular formula is C22H36N2O3S. The summed E-state index contributed by atoms with van der Waals surface area (Å²) in [5.41, 5.74) is 2.79. The molecule has 0 spiro atoms. The van der Waals surface area contributed by atoms with Gasteiger partial charge in [-0.3, -0.25) is 0 Å². The standard InChI is InChI=1S/C22H36N2O3S/c1-6-23(15-18-9-11-24(12-10-18)28(5,25)26)17(2)13-19-7-8-21-20(14-19)22(3,4)16-27-21/h7-8,14,17-18H,6,9-13,15-16H2,1-5H3. The highest BCUT2D eigenvalue weighted by Crippen LogP contribution is 2.39. The lowest BCUT2D eigenvalue weighted by Crippen LogP contribution is -2.43. The molecule has 2 heterocycles. The molecule has 0 amide bonds. The zero-order valence-electron chi connectivity index (χ0n) is 18.1. The first kappa shape index (κ1) is 21.6. The van der Waals surface area contributed by atoms with E-state index in [1.54, 1.807) is 4.31 Å². The molecule has 0 radical (unpaired) electrons. The quantitative estimate of drug-likeness (QED) is 0.695. The third-order valence-corrected chi connectivity index (χ3v) is 7.76. The van der Waals surface area contributed by atoms with Crippen LogP contribution in [0.3, 0.4) is 0 Å². The lowest BCUT2D eigenvalue weighted by Gasteiger charge is -2.36. The van der Waals surface area contributed by atoms with Gasteiger partial charge in [0.1, 0.15) is 5.75 Å². The molecule has 0 saturated carbocycles. The van der Waals surface area contributed by atoms with E-state index in [1.807, 2.05) is 0 Å². The topological polar surface area (TPSA) is 49.9 Å². The molecule has 6 heteroatoms. The second-order valence-corrected chi connectivity index (χ2v) is 11.2. The van der Waals surface area contributed by atoms with Crippen LogP contribution in [0, 0.1) is 5.92 Å². The number of hydrogen-bond donors (Lipinski definition) is 0. The number of rotatable bonds is 7. The van der Waals surface area contributed by atoms with E-state index in [-0.39, 0.29) is 5.41 Å². The maximum Gasteiger partial charge on any atom is 0.211 e. The van der Waals surface area contributed by atoms with Crippen LogP contribution in [0.1, 0.15) is 51.7 Å². The number of piperidine rings is 1. The molecule has 2 aliphatic rings. The summed E-state index contributed by atoms with van der Waals surface area (Å²) in [7, 11) is -3.05. The predicted molar refractivity (Wildman–Crippen MR) is 115 cm³/mol. The minimum absolute atomic E-state index is 0.0899. The van der Waals surface area contributed by atoms with Crippen molar-refractivity contribution in [1.82, 2.24) is 9.21 Å². The van der Waals surface area contributed by atoms with Crippen LogP contribution < -0.4 is 4.74 Å². The van der Waals surface area contributed by atoms with Gasteiger partial charge >= 0.3 is 0 Å². The Morgan fingerprint density at radius 1 is 1.29 bits per heavy atom. The first-order chi connectivity index (χ1) is 13.1. The second-order valence-electron chi connectivity index (χ2n) is 9.25. The molecule has 5 nitrogen and oxygen atoms in total. The Bertz CT molecular complexity index is 783. The van der Waals surface area contributed by atoms with Crippen LogP contribution in [0.4, 0.5) is 0 Å². The van der Waals surface area contributed by atoms with Gasteiger partial charge < -0.3 is 9.64 Å². The van der Waals surface area contributed by atoms with E-state index in [0.717, 1.165) is 44.7 Å². The van der Waals surface area contributed by atoms with Gasteiger partial charge in [0.2, 0.25) is 10.0 Å². The highest BCUT2D eigenvalue weighted by atomic mass is 32.2. The summed E-state index contributed by atoms with van der Waals surface area (Å²) < 4.78 is 30.9. The Kier molecular flexibility index (Phi) is 6.42. The van der Waals surface area contributed by atoms with Gasteiger partial charge in [-0.05, 0) is 50.3 Å². The van der Waals surface area contributed by atoms with Gasteiger partial charge in [-0.15, -0.1) is 0 Å². The fourth-order valence-corrected chi connectivity index (χ4v) is 5.41. The zero-order valence-corrected chi connectivity index (χ0v) is 18.9. The van der Waals surface area contributed by atoms with E-state index < -0.39 is 10.0 Å². The molecule has 158 valence electrons. The van der Waals surface area contributed by atoms with Crippen molar-refractivity contribution in [3.63, 3.8) is 0 Å². The van der Waals surface area contributed by atoms with Crippen molar-refractivity contribution in [2.75, 3.05) is 39.0 Å². The molecule has 2 aliphatic heterocycles. The van der Waals surface area contributed by atoms with Crippen LogP contribution in [0.2, 0.25) is 0 Å². The number of sulfonamides is 1. The Morgan fingerprint density at radius 2 is 1.96 bits per heavy atom. The summed E-state index contributed by atoms with van der Waals surface area (Å²) in [6.07, 6.45) is 4.26. The third-order valence-electron chi connectivity index (χ3n) is 6.46. The number of fused-ring (bicyclic) bond motifs is 1. The Morgan fingerprint density at radius 3 is 2.57 bits per heavy atom. The largest absolute Gasteiger partial charge is 0.492 e. The number of benzene rings is 1. The van der Waals surface area contributed by atoms with E-state index in [9.17, 15) is 8.42 Å². The molecule has 1 unspecified atom stereocenters.